The molecule has 0 spiro atoms. The third-order valence-electron chi connectivity index (χ3n) is 5.21. The van der Waals surface area contributed by atoms with Crippen molar-refractivity contribution in [2.45, 2.75) is 26.1 Å². The zero-order valence-electron chi connectivity index (χ0n) is 16.6. The Kier molecular flexibility index (Phi) is 5.87. The lowest BCUT2D eigenvalue weighted by Crippen LogP contribution is -2.33. The smallest absolute Gasteiger partial charge is 0.274 e. The first-order valence-corrected chi connectivity index (χ1v) is 10.7. The molecule has 0 fully saturated rings. The Morgan fingerprint density at radius 3 is 2.90 bits per heavy atom. The summed E-state index contributed by atoms with van der Waals surface area (Å²) in [6, 6.07) is 10.3. The first-order valence-electron chi connectivity index (χ1n) is 9.74. The van der Waals surface area contributed by atoms with Crippen molar-refractivity contribution in [2.24, 2.45) is 0 Å². The second-order valence-corrected chi connectivity index (χ2v) is 8.05. The molecular weight excluding hydrogens is 382 g/mol. The first-order chi connectivity index (χ1) is 14.2. The number of carbonyl (C=O) groups is 1. The zero-order valence-corrected chi connectivity index (χ0v) is 17.4. The maximum Gasteiger partial charge on any atom is 0.274 e. The highest BCUT2D eigenvalue weighted by molar-refractivity contribution is 7.07. The van der Waals surface area contributed by atoms with Gasteiger partial charge < -0.3 is 4.90 Å². The van der Waals surface area contributed by atoms with Crippen molar-refractivity contribution < 1.29 is 4.79 Å². The molecule has 0 radical (unpaired) electrons. The van der Waals surface area contributed by atoms with E-state index in [1.165, 1.54) is 22.6 Å². The molecule has 0 saturated carbocycles. The molecule has 0 aliphatic carbocycles. The summed E-state index contributed by atoms with van der Waals surface area (Å²) in [4.78, 5) is 21.6. The van der Waals surface area contributed by atoms with Crippen LogP contribution in [-0.4, -0.2) is 50.6 Å². The Balaban J connectivity index is 1.64. The number of hydrogen-bond donors (Lipinski definition) is 0. The van der Waals surface area contributed by atoms with Crippen molar-refractivity contribution >= 4 is 17.2 Å². The quantitative estimate of drug-likeness (QED) is 0.565. The van der Waals surface area contributed by atoms with Crippen LogP contribution in [0, 0.1) is 0 Å². The second-order valence-electron chi connectivity index (χ2n) is 7.33. The largest absolute Gasteiger partial charge is 0.334 e. The van der Waals surface area contributed by atoms with E-state index in [4.69, 9.17) is 5.10 Å². The average Bonchev–Trinajstić information content (AvgIpc) is 3.36. The van der Waals surface area contributed by atoms with E-state index in [0.717, 1.165) is 37.3 Å². The van der Waals surface area contributed by atoms with Crippen LogP contribution in [0.3, 0.4) is 0 Å². The number of thiazole rings is 1. The third-order valence-corrected chi connectivity index (χ3v) is 5.84. The number of fused-ring (bicyclic) bond motifs is 1. The lowest BCUT2D eigenvalue weighted by Gasteiger charge is -2.26. The van der Waals surface area contributed by atoms with Crippen molar-refractivity contribution in [3.8, 4) is 0 Å². The van der Waals surface area contributed by atoms with Crippen LogP contribution in [0.25, 0.3) is 0 Å². The van der Waals surface area contributed by atoms with Crippen LogP contribution >= 0.6 is 11.3 Å². The van der Waals surface area contributed by atoms with Crippen LogP contribution in [0.2, 0.25) is 0 Å². The molecule has 4 rings (SSSR count). The molecule has 2 aromatic heterocycles. The number of aromatic nitrogens is 3. The van der Waals surface area contributed by atoms with E-state index in [-0.39, 0.29) is 5.91 Å². The van der Waals surface area contributed by atoms with Gasteiger partial charge in [-0.2, -0.15) is 5.10 Å². The molecule has 0 bridgehead atoms. The van der Waals surface area contributed by atoms with E-state index in [1.807, 2.05) is 41.4 Å². The molecule has 7 heteroatoms. The van der Waals surface area contributed by atoms with Crippen LogP contribution < -0.4 is 0 Å². The van der Waals surface area contributed by atoms with Crippen LogP contribution in [0.5, 0.6) is 0 Å². The summed E-state index contributed by atoms with van der Waals surface area (Å²) in [7, 11) is 1.81. The molecule has 29 heavy (non-hydrogen) atoms. The molecule has 0 atom stereocenters. The summed E-state index contributed by atoms with van der Waals surface area (Å²) in [5.41, 5.74) is 6.64. The van der Waals surface area contributed by atoms with Gasteiger partial charge in [0.05, 0.1) is 24.3 Å². The van der Waals surface area contributed by atoms with Gasteiger partial charge in [-0.1, -0.05) is 36.4 Å². The zero-order chi connectivity index (χ0) is 20.2. The lowest BCUT2D eigenvalue weighted by atomic mass is 10.0. The summed E-state index contributed by atoms with van der Waals surface area (Å²) < 4.78 is 2.01. The maximum atomic E-state index is 13.3. The molecular formula is C22H25N5OS. The van der Waals surface area contributed by atoms with Gasteiger partial charge in [0.15, 0.2) is 5.69 Å². The van der Waals surface area contributed by atoms with E-state index in [2.05, 4.69) is 28.6 Å². The number of hydrogen-bond acceptors (Lipinski definition) is 5. The van der Waals surface area contributed by atoms with E-state index in [1.54, 1.807) is 10.4 Å². The SMILES string of the molecule is C=CCN1CCc2c(c(C(=O)N(C)Cc3cscn3)nn2Cc2ccccc2)C1. The molecule has 1 aromatic carbocycles. The summed E-state index contributed by atoms with van der Waals surface area (Å²) in [5, 5.41) is 6.76. The minimum absolute atomic E-state index is 0.0542. The Morgan fingerprint density at radius 1 is 1.34 bits per heavy atom. The molecule has 0 saturated heterocycles. The first kappa shape index (κ1) is 19.5. The molecule has 150 valence electrons. The Hall–Kier alpha value is -2.77. The summed E-state index contributed by atoms with van der Waals surface area (Å²) in [5.74, 6) is -0.0542. The Labute approximate surface area is 175 Å². The predicted molar refractivity (Wildman–Crippen MR) is 115 cm³/mol. The van der Waals surface area contributed by atoms with Crippen LogP contribution in [-0.2, 0) is 26.1 Å². The predicted octanol–water partition coefficient (Wildman–Crippen LogP) is 3.20. The van der Waals surface area contributed by atoms with Crippen LogP contribution in [0.4, 0.5) is 0 Å². The fraction of sp³-hybridized carbons (Fsp3) is 0.318. The van der Waals surface area contributed by atoms with Crippen LogP contribution in [0.1, 0.15) is 33.0 Å². The van der Waals surface area contributed by atoms with E-state index in [0.29, 0.717) is 18.8 Å². The number of benzene rings is 1. The van der Waals surface area contributed by atoms with Gasteiger partial charge in [0.1, 0.15) is 0 Å². The van der Waals surface area contributed by atoms with Gasteiger partial charge in [0.2, 0.25) is 0 Å². The normalized spacial score (nSPS) is 13.8. The van der Waals surface area contributed by atoms with E-state index in [9.17, 15) is 4.79 Å². The molecule has 1 aliphatic heterocycles. The van der Waals surface area contributed by atoms with Gasteiger partial charge in [0, 0.05) is 49.7 Å². The van der Waals surface area contributed by atoms with Gasteiger partial charge in [-0.05, 0) is 5.56 Å². The molecule has 1 aliphatic rings. The minimum atomic E-state index is -0.0542. The molecule has 0 N–H and O–H groups in total. The van der Waals surface area contributed by atoms with E-state index < -0.39 is 0 Å². The fourth-order valence-electron chi connectivity index (χ4n) is 3.76. The minimum Gasteiger partial charge on any atom is -0.334 e. The van der Waals surface area contributed by atoms with E-state index >= 15 is 0 Å². The van der Waals surface area contributed by atoms with Crippen molar-refractivity contribution in [2.75, 3.05) is 20.1 Å². The monoisotopic (exact) mass is 407 g/mol. The fourth-order valence-corrected chi connectivity index (χ4v) is 4.30. The van der Waals surface area contributed by atoms with Gasteiger partial charge >= 0.3 is 0 Å². The molecule has 3 heterocycles. The highest BCUT2D eigenvalue weighted by atomic mass is 32.1. The molecule has 6 nitrogen and oxygen atoms in total. The van der Waals surface area contributed by atoms with Crippen molar-refractivity contribution in [1.29, 1.82) is 0 Å². The van der Waals surface area contributed by atoms with Crippen molar-refractivity contribution in [3.63, 3.8) is 0 Å². The summed E-state index contributed by atoms with van der Waals surface area (Å²) in [6.45, 7) is 7.50. The standard InChI is InChI=1S/C22H25N5OS/c1-3-10-26-11-9-20-19(14-26)21(22(28)25(2)13-18-15-29-16-23-18)24-27(20)12-17-7-5-4-6-8-17/h3-8,15-16H,1,9-14H2,2H3. The topological polar surface area (TPSA) is 54.3 Å². The second kappa shape index (κ2) is 8.71. The van der Waals surface area contributed by atoms with Gasteiger partial charge in [0.25, 0.3) is 5.91 Å². The van der Waals surface area contributed by atoms with Gasteiger partial charge in [-0.15, -0.1) is 17.9 Å². The molecule has 3 aromatic rings. The van der Waals surface area contributed by atoms with Crippen molar-refractivity contribution in [1.82, 2.24) is 24.6 Å². The number of amides is 1. The highest BCUT2D eigenvalue weighted by Gasteiger charge is 2.29. The molecule has 1 amide bonds. The summed E-state index contributed by atoms with van der Waals surface area (Å²) in [6.07, 6.45) is 2.79. The van der Waals surface area contributed by atoms with Crippen molar-refractivity contribution in [3.05, 3.63) is 82.1 Å². The summed E-state index contributed by atoms with van der Waals surface area (Å²) >= 11 is 1.54. The van der Waals surface area contributed by atoms with Gasteiger partial charge in [-0.3, -0.25) is 14.4 Å². The van der Waals surface area contributed by atoms with Gasteiger partial charge in [-0.25, -0.2) is 4.98 Å². The maximum absolute atomic E-state index is 13.3. The number of nitrogens with zero attached hydrogens (tertiary/aromatic N) is 5. The Morgan fingerprint density at radius 2 is 2.17 bits per heavy atom. The number of carbonyl (C=O) groups excluding carboxylic acids is 1. The average molecular weight is 408 g/mol. The number of rotatable bonds is 7. The van der Waals surface area contributed by atoms with Crippen LogP contribution in [0.15, 0.2) is 53.9 Å². The highest BCUT2D eigenvalue weighted by Crippen LogP contribution is 2.25. The Bertz CT molecular complexity index is 980. The molecule has 0 unspecified atom stereocenters. The lowest BCUT2D eigenvalue weighted by molar-refractivity contribution is 0.0774. The third kappa shape index (κ3) is 4.31.